The van der Waals surface area contributed by atoms with Crippen molar-refractivity contribution in [2.75, 3.05) is 11.9 Å². The van der Waals surface area contributed by atoms with Crippen molar-refractivity contribution in [2.24, 2.45) is 5.92 Å². The summed E-state index contributed by atoms with van der Waals surface area (Å²) in [7, 11) is 0. The van der Waals surface area contributed by atoms with Crippen LogP contribution in [-0.2, 0) is 9.53 Å². The largest absolute Gasteiger partial charge is 0.368 e. The highest BCUT2D eigenvalue weighted by Crippen LogP contribution is 2.25. The van der Waals surface area contributed by atoms with Crippen molar-refractivity contribution in [3.63, 3.8) is 0 Å². The predicted octanol–water partition coefficient (Wildman–Crippen LogP) is 4.56. The number of hydrogen-bond donors (Lipinski definition) is 1. The summed E-state index contributed by atoms with van der Waals surface area (Å²) in [6.45, 7) is 2.39. The summed E-state index contributed by atoms with van der Waals surface area (Å²) in [4.78, 5) is 12.2. The van der Waals surface area contributed by atoms with Crippen LogP contribution in [0.1, 0.15) is 32.6 Å². The Morgan fingerprint density at radius 1 is 1.11 bits per heavy atom. The van der Waals surface area contributed by atoms with Crippen molar-refractivity contribution in [1.29, 1.82) is 0 Å². The molecule has 27 heavy (non-hydrogen) atoms. The SMILES string of the molecule is CC1CCC(OCC(=O)Nc2ccc(-n3ncc4ccccc43)cc2)CC1. The number of hydrogen-bond acceptors (Lipinski definition) is 3. The van der Waals surface area contributed by atoms with Gasteiger partial charge < -0.3 is 10.1 Å². The van der Waals surface area contributed by atoms with Crippen LogP contribution in [0.2, 0.25) is 0 Å². The molecule has 1 aliphatic carbocycles. The molecule has 1 fully saturated rings. The molecule has 0 bridgehead atoms. The van der Waals surface area contributed by atoms with E-state index in [1.54, 1.807) is 0 Å². The van der Waals surface area contributed by atoms with Crippen LogP contribution >= 0.6 is 0 Å². The van der Waals surface area contributed by atoms with Crippen molar-refractivity contribution in [1.82, 2.24) is 9.78 Å². The monoisotopic (exact) mass is 363 g/mol. The topological polar surface area (TPSA) is 56.1 Å². The third-order valence-corrected chi connectivity index (χ3v) is 5.29. The highest BCUT2D eigenvalue weighted by Gasteiger charge is 2.19. The van der Waals surface area contributed by atoms with Crippen LogP contribution in [0.25, 0.3) is 16.6 Å². The van der Waals surface area contributed by atoms with Gasteiger partial charge in [0, 0.05) is 11.1 Å². The molecule has 1 heterocycles. The van der Waals surface area contributed by atoms with Crippen LogP contribution in [0.4, 0.5) is 5.69 Å². The summed E-state index contributed by atoms with van der Waals surface area (Å²) in [6, 6.07) is 15.8. The van der Waals surface area contributed by atoms with E-state index in [0.29, 0.717) is 0 Å². The number of anilines is 1. The van der Waals surface area contributed by atoms with Gasteiger partial charge in [-0.25, -0.2) is 4.68 Å². The Kier molecular flexibility index (Phi) is 5.21. The number of carbonyl (C=O) groups excluding carboxylic acids is 1. The molecule has 0 aliphatic heterocycles. The Labute approximate surface area is 159 Å². The van der Waals surface area contributed by atoms with Gasteiger partial charge in [-0.05, 0) is 61.9 Å². The molecule has 0 saturated heterocycles. The highest BCUT2D eigenvalue weighted by atomic mass is 16.5. The quantitative estimate of drug-likeness (QED) is 0.723. The van der Waals surface area contributed by atoms with Gasteiger partial charge in [0.15, 0.2) is 0 Å². The van der Waals surface area contributed by atoms with Crippen LogP contribution in [0.15, 0.2) is 54.7 Å². The lowest BCUT2D eigenvalue weighted by Gasteiger charge is -2.25. The fraction of sp³-hybridized carbons (Fsp3) is 0.364. The van der Waals surface area contributed by atoms with Gasteiger partial charge in [0.1, 0.15) is 6.61 Å². The Bertz CT molecular complexity index is 909. The molecule has 0 spiro atoms. The molecule has 0 radical (unpaired) electrons. The molecular weight excluding hydrogens is 338 g/mol. The Morgan fingerprint density at radius 3 is 2.63 bits per heavy atom. The van der Waals surface area contributed by atoms with E-state index in [0.717, 1.165) is 41.0 Å². The number of para-hydroxylation sites is 1. The first-order valence-electron chi connectivity index (χ1n) is 9.64. The van der Waals surface area contributed by atoms with Gasteiger partial charge in [-0.3, -0.25) is 4.79 Å². The third-order valence-electron chi connectivity index (χ3n) is 5.29. The number of ether oxygens (including phenoxy) is 1. The van der Waals surface area contributed by atoms with Crippen molar-refractivity contribution < 1.29 is 9.53 Å². The summed E-state index contributed by atoms with van der Waals surface area (Å²) in [5.74, 6) is 0.676. The second-order valence-corrected chi connectivity index (χ2v) is 7.40. The number of amides is 1. The van der Waals surface area contributed by atoms with E-state index in [1.807, 2.05) is 59.4 Å². The lowest BCUT2D eigenvalue weighted by Crippen LogP contribution is -2.26. The van der Waals surface area contributed by atoms with E-state index < -0.39 is 0 Å². The molecule has 1 saturated carbocycles. The first-order valence-corrected chi connectivity index (χ1v) is 9.64. The van der Waals surface area contributed by atoms with E-state index in [2.05, 4.69) is 17.3 Å². The van der Waals surface area contributed by atoms with Gasteiger partial charge in [-0.2, -0.15) is 5.10 Å². The van der Waals surface area contributed by atoms with E-state index in [-0.39, 0.29) is 18.6 Å². The van der Waals surface area contributed by atoms with Crippen LogP contribution in [0.5, 0.6) is 0 Å². The predicted molar refractivity (Wildman–Crippen MR) is 107 cm³/mol. The lowest BCUT2D eigenvalue weighted by molar-refractivity contribution is -0.123. The zero-order valence-electron chi connectivity index (χ0n) is 15.6. The maximum atomic E-state index is 12.2. The number of rotatable bonds is 5. The van der Waals surface area contributed by atoms with Crippen molar-refractivity contribution in [2.45, 2.75) is 38.7 Å². The zero-order chi connectivity index (χ0) is 18.6. The summed E-state index contributed by atoms with van der Waals surface area (Å²) < 4.78 is 7.67. The molecular formula is C22H25N3O2. The van der Waals surface area contributed by atoms with Gasteiger partial charge in [0.05, 0.1) is 23.5 Å². The van der Waals surface area contributed by atoms with Crippen LogP contribution in [0, 0.1) is 5.92 Å². The van der Waals surface area contributed by atoms with Gasteiger partial charge in [0.25, 0.3) is 0 Å². The van der Waals surface area contributed by atoms with Crippen LogP contribution < -0.4 is 5.32 Å². The molecule has 4 rings (SSSR count). The Hall–Kier alpha value is -2.66. The number of nitrogens with one attached hydrogen (secondary N) is 1. The first-order chi connectivity index (χ1) is 13.2. The maximum Gasteiger partial charge on any atom is 0.250 e. The minimum absolute atomic E-state index is 0.106. The molecule has 1 aromatic heterocycles. The molecule has 140 valence electrons. The molecule has 0 unspecified atom stereocenters. The van der Waals surface area contributed by atoms with Gasteiger partial charge in [-0.1, -0.05) is 25.1 Å². The molecule has 0 atom stereocenters. The Balaban J connectivity index is 1.34. The van der Waals surface area contributed by atoms with Crippen LogP contribution in [-0.4, -0.2) is 28.4 Å². The highest BCUT2D eigenvalue weighted by molar-refractivity contribution is 5.91. The number of aromatic nitrogens is 2. The third kappa shape index (κ3) is 4.19. The van der Waals surface area contributed by atoms with Crippen molar-refractivity contribution >= 4 is 22.5 Å². The average molecular weight is 363 g/mol. The second-order valence-electron chi connectivity index (χ2n) is 7.40. The Morgan fingerprint density at radius 2 is 1.85 bits per heavy atom. The maximum absolute atomic E-state index is 12.2. The second kappa shape index (κ2) is 7.92. The van der Waals surface area contributed by atoms with E-state index in [9.17, 15) is 4.79 Å². The molecule has 5 heteroatoms. The standard InChI is InChI=1S/C22H25N3O2/c1-16-6-12-20(13-7-16)27-15-22(26)24-18-8-10-19(11-9-18)25-21-5-3-2-4-17(21)14-23-25/h2-5,8-11,14,16,20H,6-7,12-13,15H2,1H3,(H,24,26). The minimum Gasteiger partial charge on any atom is -0.368 e. The molecule has 1 N–H and O–H groups in total. The molecule has 1 aliphatic rings. The van der Waals surface area contributed by atoms with Crippen LogP contribution in [0.3, 0.4) is 0 Å². The molecule has 5 nitrogen and oxygen atoms in total. The minimum atomic E-state index is -0.106. The average Bonchev–Trinajstić information content (AvgIpc) is 3.12. The number of carbonyl (C=O) groups is 1. The van der Waals surface area contributed by atoms with E-state index >= 15 is 0 Å². The van der Waals surface area contributed by atoms with Gasteiger partial charge in [0.2, 0.25) is 5.91 Å². The molecule has 2 aromatic carbocycles. The fourth-order valence-corrected chi connectivity index (χ4v) is 3.65. The van der Waals surface area contributed by atoms with Crippen molar-refractivity contribution in [3.05, 3.63) is 54.7 Å². The zero-order valence-corrected chi connectivity index (χ0v) is 15.6. The van der Waals surface area contributed by atoms with E-state index in [4.69, 9.17) is 4.74 Å². The summed E-state index contributed by atoms with van der Waals surface area (Å²) in [5, 5.41) is 8.46. The summed E-state index contributed by atoms with van der Waals surface area (Å²) >= 11 is 0. The van der Waals surface area contributed by atoms with E-state index in [1.165, 1.54) is 12.8 Å². The summed E-state index contributed by atoms with van der Waals surface area (Å²) in [5.41, 5.74) is 2.78. The molecule has 1 amide bonds. The van der Waals surface area contributed by atoms with Gasteiger partial charge in [-0.15, -0.1) is 0 Å². The number of nitrogens with zero attached hydrogens (tertiary/aromatic N) is 2. The normalized spacial score (nSPS) is 19.9. The number of benzene rings is 2. The smallest absolute Gasteiger partial charge is 0.250 e. The summed E-state index contributed by atoms with van der Waals surface area (Å²) in [6.07, 6.45) is 6.57. The first kappa shape index (κ1) is 17.7. The number of fused-ring (bicyclic) bond motifs is 1. The molecule has 3 aromatic rings. The lowest BCUT2D eigenvalue weighted by atomic mass is 9.89. The fourth-order valence-electron chi connectivity index (χ4n) is 3.65. The van der Waals surface area contributed by atoms with Gasteiger partial charge >= 0.3 is 0 Å². The van der Waals surface area contributed by atoms with Crippen molar-refractivity contribution in [3.8, 4) is 5.69 Å².